The molecule has 0 heterocycles. The topological polar surface area (TPSA) is 110 Å². The quantitative estimate of drug-likeness (QED) is 0.449. The predicted octanol–water partition coefficient (Wildman–Crippen LogP) is 1.44. The average molecular weight is 302 g/mol. The van der Waals surface area contributed by atoms with Crippen LogP contribution in [-0.2, 0) is 23.9 Å². The number of hydrogen-bond acceptors (Lipinski definition) is 6. The molecule has 0 aliphatic rings. The normalized spacial score (nSPS) is 9.33. The molecule has 0 aliphatic heterocycles. The van der Waals surface area contributed by atoms with Gasteiger partial charge in [-0.25, -0.2) is 9.59 Å². The number of rotatable bonds is 5. The van der Waals surface area contributed by atoms with Gasteiger partial charge >= 0.3 is 17.9 Å². The first-order valence-corrected chi connectivity index (χ1v) is 5.72. The summed E-state index contributed by atoms with van der Waals surface area (Å²) in [7, 11) is 0. The summed E-state index contributed by atoms with van der Waals surface area (Å²) in [5, 5.41) is 16.5. The maximum Gasteiger partial charge on any atom is 0.330 e. The molecule has 7 heteroatoms. The Labute approximate surface area is 124 Å². The van der Waals surface area contributed by atoms with Gasteiger partial charge in [0.05, 0.1) is 12.4 Å². The highest BCUT2D eigenvalue weighted by Gasteiger charge is 1.98. The van der Waals surface area contributed by atoms with Crippen molar-refractivity contribution in [1.29, 1.82) is 0 Å². The lowest BCUT2D eigenvalue weighted by atomic mass is 10.4. The van der Waals surface area contributed by atoms with E-state index in [0.29, 0.717) is 0 Å². The molecule has 1 atom stereocenters. The highest BCUT2D eigenvalue weighted by Crippen LogP contribution is 1.83. The Kier molecular flexibility index (Phi) is 17.6. The van der Waals surface area contributed by atoms with Gasteiger partial charge in [-0.05, 0) is 13.8 Å². The summed E-state index contributed by atoms with van der Waals surface area (Å²) < 4.78 is 8.61. The van der Waals surface area contributed by atoms with Crippen molar-refractivity contribution >= 4 is 17.9 Å². The van der Waals surface area contributed by atoms with E-state index in [1.165, 1.54) is 20.8 Å². The zero-order valence-electron chi connectivity index (χ0n) is 12.5. The van der Waals surface area contributed by atoms with Crippen molar-refractivity contribution in [2.75, 3.05) is 6.61 Å². The molecule has 0 aromatic carbocycles. The number of hydrogen-bond donors (Lipinski definition) is 2. The molecule has 2 N–H and O–H groups in total. The van der Waals surface area contributed by atoms with E-state index in [1.807, 2.05) is 0 Å². The largest absolute Gasteiger partial charge is 0.478 e. The van der Waals surface area contributed by atoms with Crippen molar-refractivity contribution in [1.82, 2.24) is 0 Å². The zero-order valence-corrected chi connectivity index (χ0v) is 12.5. The van der Waals surface area contributed by atoms with Crippen molar-refractivity contribution in [3.8, 4) is 0 Å². The second kappa shape index (κ2) is 15.6. The van der Waals surface area contributed by atoms with Gasteiger partial charge in [-0.3, -0.25) is 4.79 Å². The van der Waals surface area contributed by atoms with E-state index < -0.39 is 18.0 Å². The lowest BCUT2D eigenvalue weighted by molar-refractivity contribution is -0.140. The first-order valence-electron chi connectivity index (χ1n) is 5.72. The minimum absolute atomic E-state index is 0.0326. The molecule has 1 unspecified atom stereocenters. The van der Waals surface area contributed by atoms with E-state index in [-0.39, 0.29) is 18.1 Å². The average Bonchev–Trinajstić information content (AvgIpc) is 2.37. The minimum Gasteiger partial charge on any atom is -0.478 e. The molecule has 0 bridgehead atoms. The van der Waals surface area contributed by atoms with Crippen LogP contribution in [0.2, 0.25) is 0 Å². The van der Waals surface area contributed by atoms with Gasteiger partial charge in [-0.2, -0.15) is 0 Å². The van der Waals surface area contributed by atoms with Gasteiger partial charge in [-0.1, -0.05) is 19.7 Å². The standard InChI is InChI=1S/C6H10O3.2C4H6O2/c1-3-6(8)9-4-5(2)7;1-3-6-4(2)5;1-3(2)4(5)6/h3,5,7H,1,4H2,2H3;3H,1H2,2H3;1H2,2H3,(H,5,6). The number of carbonyl (C=O) groups excluding carboxylic acids is 2. The number of aliphatic hydroxyl groups is 1. The first kappa shape index (κ1) is 23.7. The molecule has 0 aliphatic carbocycles. The van der Waals surface area contributed by atoms with Gasteiger partial charge in [-0.15, -0.1) is 0 Å². The molecule has 0 fully saturated rings. The third-order valence-corrected chi connectivity index (χ3v) is 1.25. The van der Waals surface area contributed by atoms with Crippen molar-refractivity contribution < 1.29 is 34.1 Å². The number of ether oxygens (including phenoxy) is 2. The lowest BCUT2D eigenvalue weighted by Crippen LogP contribution is -2.13. The smallest absolute Gasteiger partial charge is 0.330 e. The fourth-order valence-corrected chi connectivity index (χ4v) is 0.379. The fraction of sp³-hybridized carbons (Fsp3) is 0.357. The van der Waals surface area contributed by atoms with Crippen molar-refractivity contribution in [3.63, 3.8) is 0 Å². The number of esters is 2. The zero-order chi connectivity index (χ0) is 17.4. The van der Waals surface area contributed by atoms with Crippen LogP contribution in [0.3, 0.4) is 0 Å². The van der Waals surface area contributed by atoms with E-state index >= 15 is 0 Å². The third-order valence-electron chi connectivity index (χ3n) is 1.25. The van der Waals surface area contributed by atoms with Crippen LogP contribution in [0.5, 0.6) is 0 Å². The first-order chi connectivity index (χ1) is 9.58. The number of carboxylic acid groups (broad SMARTS) is 1. The van der Waals surface area contributed by atoms with E-state index in [0.717, 1.165) is 12.3 Å². The van der Waals surface area contributed by atoms with Crippen LogP contribution in [0, 0.1) is 0 Å². The number of carbonyl (C=O) groups is 3. The van der Waals surface area contributed by atoms with Crippen molar-refractivity contribution in [2.24, 2.45) is 0 Å². The fourth-order valence-electron chi connectivity index (χ4n) is 0.379. The van der Waals surface area contributed by atoms with Gasteiger partial charge in [0, 0.05) is 18.6 Å². The van der Waals surface area contributed by atoms with Crippen LogP contribution < -0.4 is 0 Å². The van der Waals surface area contributed by atoms with Crippen LogP contribution in [0.1, 0.15) is 20.8 Å². The predicted molar refractivity (Wildman–Crippen MR) is 77.2 cm³/mol. The highest BCUT2D eigenvalue weighted by molar-refractivity contribution is 5.84. The van der Waals surface area contributed by atoms with E-state index in [2.05, 4.69) is 29.2 Å². The van der Waals surface area contributed by atoms with E-state index in [4.69, 9.17) is 10.2 Å². The van der Waals surface area contributed by atoms with Gasteiger partial charge in [0.15, 0.2) is 0 Å². The Morgan fingerprint density at radius 2 is 1.67 bits per heavy atom. The Morgan fingerprint density at radius 3 is 1.81 bits per heavy atom. The molecule has 0 rings (SSSR count). The van der Waals surface area contributed by atoms with Crippen molar-refractivity contribution in [3.05, 3.63) is 37.6 Å². The number of carboxylic acids is 1. The Balaban J connectivity index is -0.000000240. The SMILES string of the molecule is C=C(C)C(=O)O.C=CC(=O)OCC(C)O.C=COC(C)=O. The molecule has 0 aromatic rings. The van der Waals surface area contributed by atoms with Crippen LogP contribution in [-0.4, -0.2) is 40.8 Å². The summed E-state index contributed by atoms with van der Waals surface area (Å²) in [4.78, 5) is 29.6. The molecule has 0 spiro atoms. The maximum absolute atomic E-state index is 10.3. The van der Waals surface area contributed by atoms with E-state index in [9.17, 15) is 14.4 Å². The second-order valence-electron chi connectivity index (χ2n) is 3.54. The Bertz CT molecular complexity index is 358. The summed E-state index contributed by atoms with van der Waals surface area (Å²) in [6.45, 7) is 13.8. The maximum atomic E-state index is 10.3. The van der Waals surface area contributed by atoms with Gasteiger partial charge in [0.2, 0.25) is 0 Å². The Hall–Kier alpha value is -2.41. The molecule has 0 aromatic heterocycles. The summed E-state index contributed by atoms with van der Waals surface area (Å²) in [6, 6.07) is 0. The summed E-state index contributed by atoms with van der Waals surface area (Å²) in [6.07, 6.45) is 1.55. The van der Waals surface area contributed by atoms with Crippen LogP contribution in [0.4, 0.5) is 0 Å². The molecule has 0 saturated heterocycles. The van der Waals surface area contributed by atoms with Crippen molar-refractivity contribution in [2.45, 2.75) is 26.9 Å². The summed E-state index contributed by atoms with van der Waals surface area (Å²) in [5.41, 5.74) is 0.176. The van der Waals surface area contributed by atoms with E-state index in [1.54, 1.807) is 0 Å². The molecular weight excluding hydrogens is 280 g/mol. The van der Waals surface area contributed by atoms with Gasteiger partial charge in [0.25, 0.3) is 0 Å². The number of aliphatic hydroxyl groups excluding tert-OH is 1. The molecule has 0 amide bonds. The molecule has 0 saturated carbocycles. The molecule has 0 radical (unpaired) electrons. The molecule has 7 nitrogen and oxygen atoms in total. The van der Waals surface area contributed by atoms with Crippen LogP contribution in [0.25, 0.3) is 0 Å². The second-order valence-corrected chi connectivity index (χ2v) is 3.54. The minimum atomic E-state index is -0.935. The number of aliphatic carboxylic acids is 1. The van der Waals surface area contributed by atoms with Crippen LogP contribution >= 0.6 is 0 Å². The molecular formula is C14H22O7. The Morgan fingerprint density at radius 1 is 1.24 bits per heavy atom. The molecule has 120 valence electrons. The monoisotopic (exact) mass is 302 g/mol. The van der Waals surface area contributed by atoms with Gasteiger partial charge in [0.1, 0.15) is 6.61 Å². The highest BCUT2D eigenvalue weighted by atomic mass is 16.5. The van der Waals surface area contributed by atoms with Crippen LogP contribution in [0.15, 0.2) is 37.6 Å². The summed E-state index contributed by atoms with van der Waals surface area (Å²) in [5.74, 6) is -1.77. The lowest BCUT2D eigenvalue weighted by Gasteiger charge is -2.02. The molecule has 21 heavy (non-hydrogen) atoms. The third kappa shape index (κ3) is 31.8. The van der Waals surface area contributed by atoms with Gasteiger partial charge < -0.3 is 19.7 Å². The summed E-state index contributed by atoms with van der Waals surface area (Å²) >= 11 is 0.